The molecular weight excluding hydrogens is 376 g/mol. The maximum atomic E-state index is 12.6. The predicted octanol–water partition coefficient (Wildman–Crippen LogP) is 3.65. The lowest BCUT2D eigenvalue weighted by Gasteiger charge is -2.15. The second-order valence-electron chi connectivity index (χ2n) is 6.22. The number of esters is 1. The zero-order chi connectivity index (χ0) is 21.0. The second kappa shape index (κ2) is 8.68. The highest BCUT2D eigenvalue weighted by Crippen LogP contribution is 2.36. The predicted molar refractivity (Wildman–Crippen MR) is 106 cm³/mol. The molecule has 0 amide bonds. The van der Waals surface area contributed by atoms with E-state index in [0.29, 0.717) is 40.7 Å². The Bertz CT molecular complexity index is 962. The van der Waals surface area contributed by atoms with Crippen molar-refractivity contribution in [3.8, 4) is 23.0 Å². The summed E-state index contributed by atoms with van der Waals surface area (Å²) >= 11 is 0. The van der Waals surface area contributed by atoms with Gasteiger partial charge in [-0.2, -0.15) is 0 Å². The minimum absolute atomic E-state index is 0.201. The quantitative estimate of drug-likeness (QED) is 0.520. The number of fused-ring (bicyclic) bond motifs is 1. The van der Waals surface area contributed by atoms with Crippen molar-refractivity contribution in [2.45, 2.75) is 20.0 Å². The number of hydrogen-bond acceptors (Lipinski definition) is 7. The molecule has 0 bridgehead atoms. The third kappa shape index (κ3) is 4.34. The van der Waals surface area contributed by atoms with Crippen LogP contribution < -0.4 is 18.9 Å². The van der Waals surface area contributed by atoms with Gasteiger partial charge in [0.25, 0.3) is 0 Å². The summed E-state index contributed by atoms with van der Waals surface area (Å²) in [6, 6.07) is 10.2. The van der Waals surface area contributed by atoms with E-state index in [1.807, 2.05) is 6.92 Å². The van der Waals surface area contributed by atoms with Gasteiger partial charge in [-0.1, -0.05) is 6.07 Å². The van der Waals surface area contributed by atoms with Crippen molar-refractivity contribution >= 4 is 17.8 Å². The second-order valence-corrected chi connectivity index (χ2v) is 6.22. The molecule has 0 fully saturated rings. The molecule has 3 rings (SSSR count). The fourth-order valence-electron chi connectivity index (χ4n) is 2.85. The average molecular weight is 398 g/mol. The zero-order valence-corrected chi connectivity index (χ0v) is 16.7. The highest BCUT2D eigenvalue weighted by molar-refractivity contribution is 6.14. The number of ketones is 1. The van der Waals surface area contributed by atoms with Gasteiger partial charge in [0.2, 0.25) is 5.78 Å². The first-order valence-corrected chi connectivity index (χ1v) is 9.10. The fraction of sp³-hybridized carbons (Fsp3) is 0.273. The van der Waals surface area contributed by atoms with Gasteiger partial charge < -0.3 is 23.7 Å². The van der Waals surface area contributed by atoms with Crippen LogP contribution in [-0.4, -0.2) is 38.7 Å². The molecule has 0 saturated heterocycles. The van der Waals surface area contributed by atoms with E-state index in [-0.39, 0.29) is 11.5 Å². The standard InChI is InChI=1S/C22H22O7/c1-5-27-15-7-8-16-18(12-15)29-20(21(16)23)11-14-6-9-17(19(10-14)25-3)28-13(2)22(24)26-4/h6-13H,5H2,1-4H3/b20-11-. The molecule has 29 heavy (non-hydrogen) atoms. The van der Waals surface area contributed by atoms with Crippen LogP contribution in [0, 0.1) is 0 Å². The van der Waals surface area contributed by atoms with Crippen LogP contribution in [0.25, 0.3) is 6.08 Å². The first-order chi connectivity index (χ1) is 14.0. The number of ether oxygens (including phenoxy) is 5. The molecule has 1 atom stereocenters. The van der Waals surface area contributed by atoms with Crippen LogP contribution in [0.1, 0.15) is 29.8 Å². The SMILES string of the molecule is CCOc1ccc2c(c1)O/C(=C\c1ccc(OC(C)C(=O)OC)c(OC)c1)C2=O. The van der Waals surface area contributed by atoms with Crippen LogP contribution in [0.3, 0.4) is 0 Å². The Morgan fingerprint density at radius 3 is 2.62 bits per heavy atom. The number of hydrogen-bond donors (Lipinski definition) is 0. The number of Topliss-reactive ketones (excluding diaryl/α,β-unsaturated/α-hetero) is 1. The van der Waals surface area contributed by atoms with Gasteiger partial charge in [0.15, 0.2) is 23.4 Å². The summed E-state index contributed by atoms with van der Waals surface area (Å²) < 4.78 is 26.8. The number of benzene rings is 2. The molecule has 1 unspecified atom stereocenters. The Balaban J connectivity index is 1.83. The molecule has 0 aliphatic carbocycles. The summed E-state index contributed by atoms with van der Waals surface area (Å²) in [7, 11) is 2.78. The molecule has 2 aromatic carbocycles. The van der Waals surface area contributed by atoms with Gasteiger partial charge in [0.05, 0.1) is 26.4 Å². The first-order valence-electron chi connectivity index (χ1n) is 9.10. The molecule has 0 N–H and O–H groups in total. The molecule has 7 nitrogen and oxygen atoms in total. The average Bonchev–Trinajstić information content (AvgIpc) is 3.03. The van der Waals surface area contributed by atoms with Crippen molar-refractivity contribution in [3.05, 3.63) is 53.3 Å². The molecule has 0 saturated carbocycles. The van der Waals surface area contributed by atoms with E-state index in [4.69, 9.17) is 18.9 Å². The van der Waals surface area contributed by atoms with Crippen molar-refractivity contribution in [1.29, 1.82) is 0 Å². The van der Waals surface area contributed by atoms with E-state index < -0.39 is 12.1 Å². The fourth-order valence-corrected chi connectivity index (χ4v) is 2.85. The highest BCUT2D eigenvalue weighted by atomic mass is 16.6. The Morgan fingerprint density at radius 1 is 1.14 bits per heavy atom. The lowest BCUT2D eigenvalue weighted by Crippen LogP contribution is -2.25. The van der Waals surface area contributed by atoms with Crippen molar-refractivity contribution in [3.63, 3.8) is 0 Å². The van der Waals surface area contributed by atoms with Crippen molar-refractivity contribution in [2.24, 2.45) is 0 Å². The highest BCUT2D eigenvalue weighted by Gasteiger charge is 2.28. The number of carbonyl (C=O) groups is 2. The largest absolute Gasteiger partial charge is 0.494 e. The molecule has 2 aromatic rings. The minimum atomic E-state index is -0.785. The van der Waals surface area contributed by atoms with Gasteiger partial charge in [-0.05, 0) is 49.8 Å². The van der Waals surface area contributed by atoms with Gasteiger partial charge in [-0.15, -0.1) is 0 Å². The molecule has 0 spiro atoms. The Hall–Kier alpha value is -3.48. The Labute approximate surface area is 168 Å². The summed E-state index contributed by atoms with van der Waals surface area (Å²) in [4.78, 5) is 24.2. The maximum Gasteiger partial charge on any atom is 0.346 e. The van der Waals surface area contributed by atoms with Crippen molar-refractivity contribution in [2.75, 3.05) is 20.8 Å². The van der Waals surface area contributed by atoms with Crippen LogP contribution in [0.2, 0.25) is 0 Å². The minimum Gasteiger partial charge on any atom is -0.494 e. The van der Waals surface area contributed by atoms with Gasteiger partial charge >= 0.3 is 5.97 Å². The van der Waals surface area contributed by atoms with Crippen LogP contribution in [0.5, 0.6) is 23.0 Å². The number of methoxy groups -OCH3 is 2. The molecule has 1 heterocycles. The summed E-state index contributed by atoms with van der Waals surface area (Å²) in [6.45, 7) is 4.00. The maximum absolute atomic E-state index is 12.6. The third-order valence-corrected chi connectivity index (χ3v) is 4.27. The summed E-state index contributed by atoms with van der Waals surface area (Å²) in [6.07, 6.45) is 0.838. The molecular formula is C22H22O7. The van der Waals surface area contributed by atoms with E-state index in [1.54, 1.807) is 49.4 Å². The number of carbonyl (C=O) groups excluding carboxylic acids is 2. The lowest BCUT2D eigenvalue weighted by atomic mass is 10.1. The van der Waals surface area contributed by atoms with E-state index in [0.717, 1.165) is 0 Å². The van der Waals surface area contributed by atoms with Gasteiger partial charge in [0.1, 0.15) is 11.5 Å². The van der Waals surface area contributed by atoms with E-state index in [9.17, 15) is 9.59 Å². The molecule has 1 aliphatic heterocycles. The topological polar surface area (TPSA) is 80.3 Å². The van der Waals surface area contributed by atoms with Crippen molar-refractivity contribution in [1.82, 2.24) is 0 Å². The molecule has 0 radical (unpaired) electrons. The van der Waals surface area contributed by atoms with Gasteiger partial charge in [0, 0.05) is 6.07 Å². The summed E-state index contributed by atoms with van der Waals surface area (Å²) in [5, 5.41) is 0. The zero-order valence-electron chi connectivity index (χ0n) is 16.7. The van der Waals surface area contributed by atoms with Gasteiger partial charge in [-0.25, -0.2) is 4.79 Å². The first kappa shape index (κ1) is 20.3. The molecule has 1 aliphatic rings. The van der Waals surface area contributed by atoms with Crippen LogP contribution in [0.15, 0.2) is 42.2 Å². The molecule has 7 heteroatoms. The van der Waals surface area contributed by atoms with E-state index in [1.165, 1.54) is 14.2 Å². The number of rotatable bonds is 7. The van der Waals surface area contributed by atoms with E-state index >= 15 is 0 Å². The van der Waals surface area contributed by atoms with Crippen LogP contribution >= 0.6 is 0 Å². The summed E-state index contributed by atoms with van der Waals surface area (Å²) in [5.41, 5.74) is 1.17. The lowest BCUT2D eigenvalue weighted by molar-refractivity contribution is -0.147. The molecule has 0 aromatic heterocycles. The summed E-state index contributed by atoms with van der Waals surface area (Å²) in [5.74, 6) is 1.41. The monoisotopic (exact) mass is 398 g/mol. The Morgan fingerprint density at radius 2 is 1.93 bits per heavy atom. The third-order valence-electron chi connectivity index (χ3n) is 4.27. The normalized spacial score (nSPS) is 14.8. The van der Waals surface area contributed by atoms with E-state index in [2.05, 4.69) is 4.74 Å². The van der Waals surface area contributed by atoms with Crippen LogP contribution in [-0.2, 0) is 9.53 Å². The Kier molecular flexibility index (Phi) is 6.07. The van der Waals surface area contributed by atoms with Crippen LogP contribution in [0.4, 0.5) is 0 Å². The number of allylic oxidation sites excluding steroid dienone is 1. The van der Waals surface area contributed by atoms with Crippen molar-refractivity contribution < 1.29 is 33.3 Å². The van der Waals surface area contributed by atoms with Gasteiger partial charge in [-0.3, -0.25) is 4.79 Å². The molecule has 152 valence electrons. The smallest absolute Gasteiger partial charge is 0.346 e.